The summed E-state index contributed by atoms with van der Waals surface area (Å²) in [4.78, 5) is 0. The van der Waals surface area contributed by atoms with Gasteiger partial charge in [-0.15, -0.1) is 0 Å². The van der Waals surface area contributed by atoms with Crippen LogP contribution in [0, 0.1) is 0 Å². The van der Waals surface area contributed by atoms with Crippen LogP contribution in [-0.2, 0) is 4.74 Å². The van der Waals surface area contributed by atoms with Crippen LogP contribution < -0.4 is 10.5 Å². The molecule has 1 atom stereocenters. The molecule has 0 bridgehead atoms. The molecule has 1 unspecified atom stereocenters. The highest BCUT2D eigenvalue weighted by Gasteiger charge is 2.04. The number of nitrogens with two attached hydrogens (primary N) is 1. The molecule has 0 fully saturated rings. The Balaban J connectivity index is 2.62. The van der Waals surface area contributed by atoms with Crippen molar-refractivity contribution in [2.24, 2.45) is 0 Å². The van der Waals surface area contributed by atoms with Gasteiger partial charge in [0, 0.05) is 18.9 Å². The molecule has 1 aromatic rings. The van der Waals surface area contributed by atoms with Gasteiger partial charge >= 0.3 is 0 Å². The fraction of sp³-hybridized carbons (Fsp3) is 0.400. The Bertz CT molecular complexity index is 304. The van der Waals surface area contributed by atoms with E-state index in [-0.39, 0.29) is 6.10 Å². The Morgan fingerprint density at radius 3 is 2.86 bits per heavy atom. The van der Waals surface area contributed by atoms with Crippen LogP contribution in [0.5, 0.6) is 5.75 Å². The Hall–Kier alpha value is -0.740. The number of ether oxygens (including phenoxy) is 2. The molecular formula is C10H14BrNO2. The van der Waals surface area contributed by atoms with E-state index in [0.29, 0.717) is 12.3 Å². The Labute approximate surface area is 92.3 Å². The number of halogens is 1. The second-order valence-corrected chi connectivity index (χ2v) is 3.90. The monoisotopic (exact) mass is 259 g/mol. The van der Waals surface area contributed by atoms with Crippen molar-refractivity contribution in [2.45, 2.75) is 13.0 Å². The van der Waals surface area contributed by atoms with E-state index in [9.17, 15) is 0 Å². The third-order valence-corrected chi connectivity index (χ3v) is 2.49. The Morgan fingerprint density at radius 1 is 1.50 bits per heavy atom. The smallest absolute Gasteiger partial charge is 0.135 e. The van der Waals surface area contributed by atoms with Crippen molar-refractivity contribution in [3.63, 3.8) is 0 Å². The van der Waals surface area contributed by atoms with Gasteiger partial charge in [0.2, 0.25) is 0 Å². The number of nitrogen functional groups attached to an aromatic ring is 1. The summed E-state index contributed by atoms with van der Waals surface area (Å²) in [6, 6.07) is 5.46. The van der Waals surface area contributed by atoms with Crippen LogP contribution in [0.1, 0.15) is 6.92 Å². The van der Waals surface area contributed by atoms with Crippen molar-refractivity contribution in [1.82, 2.24) is 0 Å². The predicted octanol–water partition coefficient (Wildman–Crippen LogP) is 2.45. The van der Waals surface area contributed by atoms with Gasteiger partial charge in [-0.3, -0.25) is 0 Å². The van der Waals surface area contributed by atoms with Crippen LogP contribution in [-0.4, -0.2) is 19.8 Å². The SMILES string of the molecule is COC(C)COc1cc(N)ccc1Br. The number of methoxy groups -OCH3 is 1. The molecule has 0 aliphatic carbocycles. The number of rotatable bonds is 4. The van der Waals surface area contributed by atoms with Gasteiger partial charge in [0.15, 0.2) is 0 Å². The number of benzene rings is 1. The van der Waals surface area contributed by atoms with Crippen molar-refractivity contribution < 1.29 is 9.47 Å². The topological polar surface area (TPSA) is 44.5 Å². The van der Waals surface area contributed by atoms with Crippen LogP contribution >= 0.6 is 15.9 Å². The summed E-state index contributed by atoms with van der Waals surface area (Å²) in [6.07, 6.45) is 0.0725. The molecule has 0 aromatic heterocycles. The van der Waals surface area contributed by atoms with Crippen LogP contribution in [0.3, 0.4) is 0 Å². The largest absolute Gasteiger partial charge is 0.490 e. The average molecular weight is 260 g/mol. The van der Waals surface area contributed by atoms with Crippen LogP contribution in [0.25, 0.3) is 0 Å². The zero-order valence-electron chi connectivity index (χ0n) is 8.29. The average Bonchev–Trinajstić information content (AvgIpc) is 2.19. The second kappa shape index (κ2) is 5.22. The van der Waals surface area contributed by atoms with Gasteiger partial charge in [0.1, 0.15) is 12.4 Å². The van der Waals surface area contributed by atoms with Gasteiger partial charge in [0.25, 0.3) is 0 Å². The zero-order valence-corrected chi connectivity index (χ0v) is 9.87. The molecule has 0 saturated heterocycles. The van der Waals surface area contributed by atoms with Gasteiger partial charge in [-0.1, -0.05) is 0 Å². The van der Waals surface area contributed by atoms with Gasteiger partial charge in [-0.2, -0.15) is 0 Å². The van der Waals surface area contributed by atoms with E-state index in [1.165, 1.54) is 0 Å². The number of hydrogen-bond acceptors (Lipinski definition) is 3. The minimum atomic E-state index is 0.0725. The summed E-state index contributed by atoms with van der Waals surface area (Å²) in [6.45, 7) is 2.46. The van der Waals surface area contributed by atoms with E-state index in [4.69, 9.17) is 15.2 Å². The van der Waals surface area contributed by atoms with Crippen molar-refractivity contribution in [2.75, 3.05) is 19.5 Å². The molecule has 2 N–H and O–H groups in total. The second-order valence-electron chi connectivity index (χ2n) is 3.05. The maximum absolute atomic E-state index is 5.63. The highest BCUT2D eigenvalue weighted by atomic mass is 79.9. The van der Waals surface area contributed by atoms with Crippen LogP contribution in [0.4, 0.5) is 5.69 Å². The van der Waals surface area contributed by atoms with Crippen LogP contribution in [0.15, 0.2) is 22.7 Å². The molecule has 78 valence electrons. The Kier molecular flexibility index (Phi) is 4.22. The lowest BCUT2D eigenvalue weighted by Crippen LogP contribution is -2.16. The summed E-state index contributed by atoms with van der Waals surface area (Å²) in [7, 11) is 1.66. The highest BCUT2D eigenvalue weighted by Crippen LogP contribution is 2.27. The van der Waals surface area contributed by atoms with E-state index < -0.39 is 0 Å². The maximum Gasteiger partial charge on any atom is 0.135 e. The van der Waals surface area contributed by atoms with Gasteiger partial charge in [0.05, 0.1) is 10.6 Å². The van der Waals surface area contributed by atoms with E-state index in [0.717, 1.165) is 10.2 Å². The van der Waals surface area contributed by atoms with Gasteiger partial charge in [-0.05, 0) is 35.0 Å². The fourth-order valence-electron chi connectivity index (χ4n) is 0.906. The molecule has 0 heterocycles. The molecule has 0 radical (unpaired) electrons. The van der Waals surface area contributed by atoms with Crippen molar-refractivity contribution in [3.8, 4) is 5.75 Å². The lowest BCUT2D eigenvalue weighted by Gasteiger charge is -2.12. The molecule has 14 heavy (non-hydrogen) atoms. The van der Waals surface area contributed by atoms with Gasteiger partial charge in [-0.25, -0.2) is 0 Å². The first-order chi connectivity index (χ1) is 6.63. The molecule has 0 saturated carbocycles. The van der Waals surface area contributed by atoms with E-state index in [2.05, 4.69) is 15.9 Å². The van der Waals surface area contributed by atoms with Gasteiger partial charge < -0.3 is 15.2 Å². The number of hydrogen-bond donors (Lipinski definition) is 1. The first-order valence-electron chi connectivity index (χ1n) is 4.34. The molecule has 0 aliphatic heterocycles. The third-order valence-electron chi connectivity index (χ3n) is 1.83. The highest BCUT2D eigenvalue weighted by molar-refractivity contribution is 9.10. The summed E-state index contributed by atoms with van der Waals surface area (Å²) < 4.78 is 11.5. The summed E-state index contributed by atoms with van der Waals surface area (Å²) in [5.41, 5.74) is 6.32. The molecule has 4 heteroatoms. The molecular weight excluding hydrogens is 246 g/mol. The molecule has 0 spiro atoms. The molecule has 1 rings (SSSR count). The summed E-state index contributed by atoms with van der Waals surface area (Å²) >= 11 is 3.38. The predicted molar refractivity (Wildman–Crippen MR) is 60.5 cm³/mol. The standard InChI is InChI=1S/C10H14BrNO2/c1-7(13-2)6-14-10-5-8(12)3-4-9(10)11/h3-5,7H,6,12H2,1-2H3. The minimum Gasteiger partial charge on any atom is -0.490 e. The molecule has 0 aliphatic rings. The quantitative estimate of drug-likeness (QED) is 0.845. The normalized spacial score (nSPS) is 12.5. The molecule has 1 aromatic carbocycles. The lowest BCUT2D eigenvalue weighted by atomic mass is 10.3. The van der Waals surface area contributed by atoms with Crippen molar-refractivity contribution >= 4 is 21.6 Å². The summed E-state index contributed by atoms with van der Waals surface area (Å²) in [5.74, 6) is 0.744. The Morgan fingerprint density at radius 2 is 2.21 bits per heavy atom. The van der Waals surface area contributed by atoms with E-state index in [1.807, 2.05) is 19.1 Å². The minimum absolute atomic E-state index is 0.0725. The fourth-order valence-corrected chi connectivity index (χ4v) is 1.27. The van der Waals surface area contributed by atoms with Crippen molar-refractivity contribution in [3.05, 3.63) is 22.7 Å². The van der Waals surface area contributed by atoms with E-state index in [1.54, 1.807) is 13.2 Å². The first-order valence-corrected chi connectivity index (χ1v) is 5.13. The zero-order chi connectivity index (χ0) is 10.6. The van der Waals surface area contributed by atoms with Crippen LogP contribution in [0.2, 0.25) is 0 Å². The third kappa shape index (κ3) is 3.20. The molecule has 0 amide bonds. The number of anilines is 1. The van der Waals surface area contributed by atoms with E-state index >= 15 is 0 Å². The molecule has 3 nitrogen and oxygen atoms in total. The maximum atomic E-state index is 5.63. The lowest BCUT2D eigenvalue weighted by molar-refractivity contribution is 0.0714. The first kappa shape index (κ1) is 11.3. The summed E-state index contributed by atoms with van der Waals surface area (Å²) in [5, 5.41) is 0. The van der Waals surface area contributed by atoms with Crippen molar-refractivity contribution in [1.29, 1.82) is 0 Å².